The second-order valence-corrected chi connectivity index (χ2v) is 4.83. The van der Waals surface area contributed by atoms with Crippen molar-refractivity contribution in [2.75, 3.05) is 10.6 Å². The van der Waals surface area contributed by atoms with Crippen LogP contribution in [0, 0.1) is 25.2 Å². The highest BCUT2D eigenvalue weighted by molar-refractivity contribution is 6.43. The predicted octanol–water partition coefficient (Wildman–Crippen LogP) is 2.75. The summed E-state index contributed by atoms with van der Waals surface area (Å²) < 4.78 is 0. The van der Waals surface area contributed by atoms with Crippen LogP contribution in [0.1, 0.15) is 16.7 Å². The molecule has 0 radical (unpaired) electrons. The lowest BCUT2D eigenvalue weighted by Gasteiger charge is -2.11. The Kier molecular flexibility index (Phi) is 4.54. The summed E-state index contributed by atoms with van der Waals surface area (Å²) in [6, 6.07) is 14.1. The van der Waals surface area contributed by atoms with E-state index in [1.54, 1.807) is 24.3 Å². The number of carbonyl (C=O) groups excluding carboxylic acids is 2. The molecule has 2 N–H and O–H groups in total. The molecule has 2 aromatic rings. The first-order valence-electron chi connectivity index (χ1n) is 6.70. The van der Waals surface area contributed by atoms with Crippen LogP contribution in [0.3, 0.4) is 0 Å². The minimum Gasteiger partial charge on any atom is -0.317 e. The number of amides is 2. The Balaban J connectivity index is 2.14. The number of nitrogens with one attached hydrogen (secondary N) is 2. The molecular formula is C17H15N3O2. The van der Waals surface area contributed by atoms with Crippen LogP contribution in [0.2, 0.25) is 0 Å². The van der Waals surface area contributed by atoms with Gasteiger partial charge in [0.25, 0.3) is 0 Å². The Morgan fingerprint density at radius 1 is 0.909 bits per heavy atom. The number of hydrogen-bond donors (Lipinski definition) is 2. The van der Waals surface area contributed by atoms with Gasteiger partial charge in [0.15, 0.2) is 0 Å². The zero-order chi connectivity index (χ0) is 16.1. The Morgan fingerprint density at radius 2 is 1.50 bits per heavy atom. The molecule has 2 aromatic carbocycles. The third kappa shape index (κ3) is 3.30. The summed E-state index contributed by atoms with van der Waals surface area (Å²) in [5, 5.41) is 14.0. The molecule has 2 amide bonds. The topological polar surface area (TPSA) is 82.0 Å². The molecule has 5 nitrogen and oxygen atoms in total. The molecule has 0 unspecified atom stereocenters. The lowest BCUT2D eigenvalue weighted by atomic mass is 10.1. The van der Waals surface area contributed by atoms with Crippen molar-refractivity contribution < 1.29 is 9.59 Å². The predicted molar refractivity (Wildman–Crippen MR) is 84.3 cm³/mol. The van der Waals surface area contributed by atoms with E-state index in [4.69, 9.17) is 5.26 Å². The number of hydrogen-bond acceptors (Lipinski definition) is 3. The average Bonchev–Trinajstić information content (AvgIpc) is 2.51. The zero-order valence-electron chi connectivity index (χ0n) is 12.3. The summed E-state index contributed by atoms with van der Waals surface area (Å²) in [4.78, 5) is 24.0. The lowest BCUT2D eigenvalue weighted by molar-refractivity contribution is -0.133. The molecule has 0 fully saturated rings. The molecular weight excluding hydrogens is 278 g/mol. The van der Waals surface area contributed by atoms with Crippen LogP contribution in [0.5, 0.6) is 0 Å². The number of carbonyl (C=O) groups is 2. The molecule has 0 saturated heterocycles. The fourth-order valence-electron chi connectivity index (χ4n) is 2.05. The highest BCUT2D eigenvalue weighted by atomic mass is 16.2. The van der Waals surface area contributed by atoms with E-state index in [0.29, 0.717) is 16.9 Å². The zero-order valence-corrected chi connectivity index (χ0v) is 12.3. The van der Waals surface area contributed by atoms with Gasteiger partial charge in [-0.05, 0) is 37.1 Å². The van der Waals surface area contributed by atoms with Crippen LogP contribution in [-0.4, -0.2) is 11.8 Å². The van der Waals surface area contributed by atoms with Gasteiger partial charge in [0.2, 0.25) is 0 Å². The SMILES string of the molecule is Cc1cccc(C)c1NC(=O)C(=O)Nc1ccccc1C#N. The highest BCUT2D eigenvalue weighted by Crippen LogP contribution is 2.19. The molecule has 0 aliphatic heterocycles. The maximum atomic E-state index is 12.0. The van der Waals surface area contributed by atoms with Gasteiger partial charge < -0.3 is 10.6 Å². The number of aryl methyl sites for hydroxylation is 2. The van der Waals surface area contributed by atoms with Gasteiger partial charge in [-0.3, -0.25) is 9.59 Å². The van der Waals surface area contributed by atoms with Crippen LogP contribution in [0.15, 0.2) is 42.5 Å². The number of rotatable bonds is 2. The molecule has 0 atom stereocenters. The second kappa shape index (κ2) is 6.55. The third-order valence-electron chi connectivity index (χ3n) is 3.22. The van der Waals surface area contributed by atoms with Crippen LogP contribution < -0.4 is 10.6 Å². The molecule has 0 aliphatic rings. The lowest BCUT2D eigenvalue weighted by Crippen LogP contribution is -2.29. The Bertz CT molecular complexity index is 755. The van der Waals surface area contributed by atoms with E-state index in [2.05, 4.69) is 10.6 Å². The highest BCUT2D eigenvalue weighted by Gasteiger charge is 2.17. The number of benzene rings is 2. The number of nitriles is 1. The minimum atomic E-state index is -0.814. The van der Waals surface area contributed by atoms with E-state index in [0.717, 1.165) is 11.1 Å². The monoisotopic (exact) mass is 293 g/mol. The van der Waals surface area contributed by atoms with Crippen molar-refractivity contribution in [3.05, 3.63) is 59.2 Å². The van der Waals surface area contributed by atoms with Crippen LogP contribution in [0.25, 0.3) is 0 Å². The van der Waals surface area contributed by atoms with Crippen molar-refractivity contribution >= 4 is 23.2 Å². The molecule has 110 valence electrons. The average molecular weight is 293 g/mol. The fourth-order valence-corrected chi connectivity index (χ4v) is 2.05. The standard InChI is InChI=1S/C17H15N3O2/c1-11-6-5-7-12(2)15(11)20-17(22)16(21)19-14-9-4-3-8-13(14)10-18/h3-9H,1-2H3,(H,19,21)(H,20,22). The smallest absolute Gasteiger partial charge is 0.314 e. The summed E-state index contributed by atoms with van der Waals surface area (Å²) in [7, 11) is 0. The summed E-state index contributed by atoms with van der Waals surface area (Å²) >= 11 is 0. The van der Waals surface area contributed by atoms with Gasteiger partial charge >= 0.3 is 11.8 Å². The van der Waals surface area contributed by atoms with Crippen molar-refractivity contribution in [2.24, 2.45) is 0 Å². The van der Waals surface area contributed by atoms with Gasteiger partial charge in [0, 0.05) is 5.69 Å². The van der Waals surface area contributed by atoms with Gasteiger partial charge in [-0.25, -0.2) is 0 Å². The molecule has 0 bridgehead atoms. The molecule has 0 spiro atoms. The van der Waals surface area contributed by atoms with Gasteiger partial charge in [-0.15, -0.1) is 0 Å². The van der Waals surface area contributed by atoms with Gasteiger partial charge in [-0.2, -0.15) is 5.26 Å². The summed E-state index contributed by atoms with van der Waals surface area (Å²) in [5.41, 5.74) is 2.98. The Hall–Kier alpha value is -3.13. The maximum Gasteiger partial charge on any atom is 0.314 e. The number of para-hydroxylation sites is 2. The van der Waals surface area contributed by atoms with Crippen LogP contribution >= 0.6 is 0 Å². The van der Waals surface area contributed by atoms with Crippen LogP contribution in [0.4, 0.5) is 11.4 Å². The first-order valence-corrected chi connectivity index (χ1v) is 6.70. The van der Waals surface area contributed by atoms with Crippen molar-refractivity contribution in [2.45, 2.75) is 13.8 Å². The van der Waals surface area contributed by atoms with Gasteiger partial charge in [0.1, 0.15) is 6.07 Å². The molecule has 0 heterocycles. The molecule has 0 aliphatic carbocycles. The second-order valence-electron chi connectivity index (χ2n) is 4.83. The van der Waals surface area contributed by atoms with E-state index in [1.807, 2.05) is 38.1 Å². The Morgan fingerprint density at radius 3 is 2.14 bits per heavy atom. The summed E-state index contributed by atoms with van der Waals surface area (Å²) in [5.74, 6) is -1.59. The van der Waals surface area contributed by atoms with Gasteiger partial charge in [0.05, 0.1) is 11.3 Å². The Labute approximate surface area is 128 Å². The molecule has 0 aromatic heterocycles. The maximum absolute atomic E-state index is 12.0. The third-order valence-corrected chi connectivity index (χ3v) is 3.22. The first-order chi connectivity index (χ1) is 10.5. The van der Waals surface area contributed by atoms with E-state index in [1.165, 1.54) is 0 Å². The quantitative estimate of drug-likeness (QED) is 0.835. The molecule has 5 heteroatoms. The fraction of sp³-hybridized carbons (Fsp3) is 0.118. The van der Waals surface area contributed by atoms with Gasteiger partial charge in [-0.1, -0.05) is 30.3 Å². The van der Waals surface area contributed by atoms with E-state index in [9.17, 15) is 9.59 Å². The van der Waals surface area contributed by atoms with Crippen molar-refractivity contribution in [3.63, 3.8) is 0 Å². The number of nitrogens with zero attached hydrogens (tertiary/aromatic N) is 1. The molecule has 0 saturated carbocycles. The summed E-state index contributed by atoms with van der Waals surface area (Å²) in [6.07, 6.45) is 0. The normalized spacial score (nSPS) is 9.68. The van der Waals surface area contributed by atoms with Crippen LogP contribution in [-0.2, 0) is 9.59 Å². The van der Waals surface area contributed by atoms with E-state index in [-0.39, 0.29) is 0 Å². The largest absolute Gasteiger partial charge is 0.317 e. The van der Waals surface area contributed by atoms with E-state index < -0.39 is 11.8 Å². The van der Waals surface area contributed by atoms with Crippen molar-refractivity contribution in [1.29, 1.82) is 5.26 Å². The minimum absolute atomic E-state index is 0.302. The summed E-state index contributed by atoms with van der Waals surface area (Å²) in [6.45, 7) is 3.71. The number of anilines is 2. The van der Waals surface area contributed by atoms with Crippen molar-refractivity contribution in [1.82, 2.24) is 0 Å². The van der Waals surface area contributed by atoms with Crippen molar-refractivity contribution in [3.8, 4) is 6.07 Å². The molecule has 2 rings (SSSR count). The molecule has 22 heavy (non-hydrogen) atoms. The first kappa shape index (κ1) is 15.3. The van der Waals surface area contributed by atoms with E-state index >= 15 is 0 Å².